The Morgan fingerprint density at radius 1 is 0.926 bits per heavy atom. The molecule has 0 fully saturated rings. The molecule has 0 saturated carbocycles. The van der Waals surface area contributed by atoms with E-state index in [1.54, 1.807) is 24.3 Å². The number of benzene rings is 2. The zero-order valence-electron chi connectivity index (χ0n) is 14.5. The summed E-state index contributed by atoms with van der Waals surface area (Å²) in [6, 6.07) is 11.8. The quantitative estimate of drug-likeness (QED) is 0.388. The molecule has 0 heterocycles. The molecule has 2 aromatic carbocycles. The van der Waals surface area contributed by atoms with Gasteiger partial charge in [-0.25, -0.2) is 0 Å². The monoisotopic (exact) mass is 370 g/mol. The topological polar surface area (TPSA) is 130 Å². The number of non-ortho nitro benzene ring substituents is 1. The summed E-state index contributed by atoms with van der Waals surface area (Å²) in [7, 11) is 0. The van der Waals surface area contributed by atoms with Gasteiger partial charge in [0.25, 0.3) is 17.5 Å². The van der Waals surface area contributed by atoms with E-state index in [-0.39, 0.29) is 36.2 Å². The molecule has 140 valence electrons. The Morgan fingerprint density at radius 2 is 1.52 bits per heavy atom. The number of carbonyl (C=O) groups excluding carboxylic acids is 3. The summed E-state index contributed by atoms with van der Waals surface area (Å²) in [5, 5.41) is 18.6. The lowest BCUT2D eigenvalue weighted by molar-refractivity contribution is -0.384. The number of hydrogen-bond donors (Lipinski definition) is 3. The molecule has 0 bridgehead atoms. The molecule has 0 aliphatic heterocycles. The number of rotatable bonds is 7. The average Bonchev–Trinajstić information content (AvgIpc) is 2.65. The van der Waals surface area contributed by atoms with E-state index in [0.717, 1.165) is 0 Å². The summed E-state index contributed by atoms with van der Waals surface area (Å²) in [6.07, 6.45) is 0. The van der Waals surface area contributed by atoms with Gasteiger partial charge in [0.1, 0.15) is 0 Å². The van der Waals surface area contributed by atoms with Gasteiger partial charge in [-0.3, -0.25) is 24.5 Å². The van der Waals surface area contributed by atoms with E-state index < -0.39 is 10.8 Å². The standard InChI is InChI=1S/C18H18N4O5/c1-12(23)21-15-7-5-13(6-8-15)17(24)19-9-10-20-18(25)14-3-2-4-16(11-14)22(26)27/h2-8,11H,9-10H2,1H3,(H,19,24)(H,20,25)(H,21,23). The molecule has 27 heavy (non-hydrogen) atoms. The van der Waals surface area contributed by atoms with E-state index >= 15 is 0 Å². The van der Waals surface area contributed by atoms with Crippen LogP contribution in [0, 0.1) is 10.1 Å². The Labute approximate surface area is 154 Å². The molecule has 0 spiro atoms. The zero-order chi connectivity index (χ0) is 19.8. The van der Waals surface area contributed by atoms with Crippen molar-refractivity contribution in [3.05, 3.63) is 69.8 Å². The molecule has 3 N–H and O–H groups in total. The number of nitro benzene ring substituents is 1. The van der Waals surface area contributed by atoms with Crippen LogP contribution >= 0.6 is 0 Å². The molecule has 3 amide bonds. The van der Waals surface area contributed by atoms with Crippen molar-refractivity contribution in [2.45, 2.75) is 6.92 Å². The van der Waals surface area contributed by atoms with Gasteiger partial charge in [0, 0.05) is 49.0 Å². The second-order valence-corrected chi connectivity index (χ2v) is 5.58. The lowest BCUT2D eigenvalue weighted by atomic mass is 10.2. The largest absolute Gasteiger partial charge is 0.350 e. The maximum absolute atomic E-state index is 12.0. The Bertz CT molecular complexity index is 864. The molecule has 0 atom stereocenters. The van der Waals surface area contributed by atoms with E-state index in [1.165, 1.54) is 31.2 Å². The molecular formula is C18H18N4O5. The van der Waals surface area contributed by atoms with Crippen molar-refractivity contribution in [2.75, 3.05) is 18.4 Å². The minimum absolute atomic E-state index is 0.164. The van der Waals surface area contributed by atoms with Gasteiger partial charge in [-0.1, -0.05) is 6.07 Å². The van der Waals surface area contributed by atoms with E-state index in [4.69, 9.17) is 0 Å². The minimum atomic E-state index is -0.575. The van der Waals surface area contributed by atoms with Crippen molar-refractivity contribution in [1.29, 1.82) is 0 Å². The van der Waals surface area contributed by atoms with E-state index in [2.05, 4.69) is 16.0 Å². The van der Waals surface area contributed by atoms with Crippen molar-refractivity contribution in [2.24, 2.45) is 0 Å². The summed E-state index contributed by atoms with van der Waals surface area (Å²) in [4.78, 5) is 45.1. The summed E-state index contributed by atoms with van der Waals surface area (Å²) >= 11 is 0. The first-order valence-electron chi connectivity index (χ1n) is 8.05. The predicted octanol–water partition coefficient (Wildman–Crippen LogP) is 1.71. The maximum atomic E-state index is 12.0. The lowest BCUT2D eigenvalue weighted by Crippen LogP contribution is -2.34. The van der Waals surface area contributed by atoms with Crippen LogP contribution in [0.2, 0.25) is 0 Å². The predicted molar refractivity (Wildman–Crippen MR) is 98.5 cm³/mol. The van der Waals surface area contributed by atoms with Crippen LogP contribution in [-0.2, 0) is 4.79 Å². The number of nitrogens with zero attached hydrogens (tertiary/aromatic N) is 1. The molecule has 2 aromatic rings. The highest BCUT2D eigenvalue weighted by molar-refractivity contribution is 5.96. The molecule has 0 aromatic heterocycles. The summed E-state index contributed by atoms with van der Waals surface area (Å²) < 4.78 is 0. The van der Waals surface area contributed by atoms with Crippen LogP contribution < -0.4 is 16.0 Å². The number of hydrogen-bond acceptors (Lipinski definition) is 5. The minimum Gasteiger partial charge on any atom is -0.350 e. The maximum Gasteiger partial charge on any atom is 0.270 e. The molecular weight excluding hydrogens is 352 g/mol. The van der Waals surface area contributed by atoms with Crippen LogP contribution in [0.1, 0.15) is 27.6 Å². The SMILES string of the molecule is CC(=O)Nc1ccc(C(=O)NCCNC(=O)c2cccc([N+](=O)[O-])c2)cc1. The summed E-state index contributed by atoms with van der Waals surface area (Å²) in [5.41, 5.74) is 1.00. The van der Waals surface area contributed by atoms with Crippen molar-refractivity contribution >= 4 is 29.1 Å². The highest BCUT2D eigenvalue weighted by Crippen LogP contribution is 2.13. The first kappa shape index (κ1) is 19.6. The summed E-state index contributed by atoms with van der Waals surface area (Å²) in [5.74, 6) is -0.992. The van der Waals surface area contributed by atoms with Crippen LogP contribution in [0.5, 0.6) is 0 Å². The van der Waals surface area contributed by atoms with Crippen LogP contribution in [-0.4, -0.2) is 35.7 Å². The highest BCUT2D eigenvalue weighted by atomic mass is 16.6. The Balaban J connectivity index is 1.79. The van der Waals surface area contributed by atoms with Crippen molar-refractivity contribution in [3.8, 4) is 0 Å². The molecule has 0 radical (unpaired) electrons. The Hall–Kier alpha value is -3.75. The fourth-order valence-corrected chi connectivity index (χ4v) is 2.23. The fraction of sp³-hybridized carbons (Fsp3) is 0.167. The van der Waals surface area contributed by atoms with Gasteiger partial charge in [0.2, 0.25) is 5.91 Å². The average molecular weight is 370 g/mol. The third kappa shape index (κ3) is 5.92. The van der Waals surface area contributed by atoms with Gasteiger partial charge in [0.15, 0.2) is 0 Å². The van der Waals surface area contributed by atoms with Crippen molar-refractivity contribution in [1.82, 2.24) is 10.6 Å². The second kappa shape index (κ2) is 9.09. The molecule has 0 aliphatic rings. The number of amides is 3. The van der Waals surface area contributed by atoms with E-state index in [0.29, 0.717) is 11.3 Å². The molecule has 0 saturated heterocycles. The van der Waals surface area contributed by atoms with E-state index in [9.17, 15) is 24.5 Å². The number of carbonyl (C=O) groups is 3. The van der Waals surface area contributed by atoms with Crippen LogP contribution in [0.25, 0.3) is 0 Å². The molecule has 9 nitrogen and oxygen atoms in total. The second-order valence-electron chi connectivity index (χ2n) is 5.58. The lowest BCUT2D eigenvalue weighted by Gasteiger charge is -2.08. The van der Waals surface area contributed by atoms with Crippen molar-refractivity contribution in [3.63, 3.8) is 0 Å². The summed E-state index contributed by atoms with van der Waals surface area (Å²) in [6.45, 7) is 1.74. The first-order chi connectivity index (χ1) is 12.9. The van der Waals surface area contributed by atoms with Gasteiger partial charge in [-0.15, -0.1) is 0 Å². The normalized spacial score (nSPS) is 9.96. The Kier molecular flexibility index (Phi) is 6.59. The zero-order valence-corrected chi connectivity index (χ0v) is 14.5. The van der Waals surface area contributed by atoms with Crippen LogP contribution in [0.15, 0.2) is 48.5 Å². The van der Waals surface area contributed by atoms with Crippen LogP contribution in [0.3, 0.4) is 0 Å². The number of anilines is 1. The van der Waals surface area contributed by atoms with Crippen molar-refractivity contribution < 1.29 is 19.3 Å². The Morgan fingerprint density at radius 3 is 2.07 bits per heavy atom. The molecule has 2 rings (SSSR count). The number of nitrogens with one attached hydrogen (secondary N) is 3. The molecule has 9 heteroatoms. The van der Waals surface area contributed by atoms with Gasteiger partial charge < -0.3 is 16.0 Å². The van der Waals surface area contributed by atoms with Gasteiger partial charge in [-0.2, -0.15) is 0 Å². The van der Waals surface area contributed by atoms with Crippen LogP contribution in [0.4, 0.5) is 11.4 Å². The fourth-order valence-electron chi connectivity index (χ4n) is 2.23. The molecule has 0 unspecified atom stereocenters. The van der Waals surface area contributed by atoms with Gasteiger partial charge in [-0.05, 0) is 30.3 Å². The smallest absolute Gasteiger partial charge is 0.270 e. The number of nitro groups is 1. The third-order valence-corrected chi connectivity index (χ3v) is 3.48. The van der Waals surface area contributed by atoms with E-state index in [1.807, 2.05) is 0 Å². The van der Waals surface area contributed by atoms with Gasteiger partial charge >= 0.3 is 0 Å². The molecule has 0 aliphatic carbocycles. The van der Waals surface area contributed by atoms with Gasteiger partial charge in [0.05, 0.1) is 4.92 Å². The highest BCUT2D eigenvalue weighted by Gasteiger charge is 2.11. The third-order valence-electron chi connectivity index (χ3n) is 3.48. The first-order valence-corrected chi connectivity index (χ1v) is 8.05.